The number of piperidine rings is 2. The lowest BCUT2D eigenvalue weighted by molar-refractivity contribution is 0.0996. The molecule has 0 bridgehead atoms. The van der Waals surface area contributed by atoms with Crippen LogP contribution in [0.25, 0.3) is 0 Å². The Hall–Kier alpha value is -3.54. The number of nitrogens with two attached hydrogens (primary N) is 1. The fraction of sp³-hybridized carbons (Fsp3) is 0.565. The van der Waals surface area contributed by atoms with E-state index >= 15 is 0 Å². The van der Waals surface area contributed by atoms with E-state index in [-0.39, 0.29) is 23.6 Å². The van der Waals surface area contributed by atoms with Crippen molar-refractivity contribution in [2.75, 3.05) is 56.5 Å². The topological polar surface area (TPSA) is 146 Å². The van der Waals surface area contributed by atoms with Crippen LogP contribution in [-0.2, 0) is 0 Å². The summed E-state index contributed by atoms with van der Waals surface area (Å²) in [5.41, 5.74) is 6.24. The molecular formula is C23H32N10O2. The molecule has 2 aromatic rings. The van der Waals surface area contributed by atoms with Gasteiger partial charge in [0, 0.05) is 39.1 Å². The van der Waals surface area contributed by atoms with Crippen molar-refractivity contribution in [1.29, 1.82) is 0 Å². The molecule has 5 rings (SSSR count). The van der Waals surface area contributed by atoms with Crippen LogP contribution in [0.2, 0.25) is 0 Å². The van der Waals surface area contributed by atoms with Crippen LogP contribution in [0.1, 0.15) is 47.9 Å². The van der Waals surface area contributed by atoms with Gasteiger partial charge < -0.3 is 31.1 Å². The lowest BCUT2D eigenvalue weighted by Crippen LogP contribution is -2.49. The molecule has 3 aliphatic rings. The minimum atomic E-state index is -0.666. The number of hydrogen-bond donors (Lipinski definition) is 3. The van der Waals surface area contributed by atoms with Crippen molar-refractivity contribution in [3.05, 3.63) is 30.1 Å². The second-order valence-corrected chi connectivity index (χ2v) is 9.41. The third kappa shape index (κ3) is 4.97. The van der Waals surface area contributed by atoms with E-state index in [1.165, 1.54) is 0 Å². The monoisotopic (exact) mass is 480 g/mol. The van der Waals surface area contributed by atoms with Crippen LogP contribution in [-0.4, -0.2) is 94.0 Å². The van der Waals surface area contributed by atoms with E-state index < -0.39 is 5.91 Å². The lowest BCUT2D eigenvalue weighted by atomic mass is 9.97. The van der Waals surface area contributed by atoms with Gasteiger partial charge in [-0.1, -0.05) is 0 Å². The first-order chi connectivity index (χ1) is 17.0. The van der Waals surface area contributed by atoms with Crippen LogP contribution in [0.15, 0.2) is 18.6 Å². The highest BCUT2D eigenvalue weighted by Gasteiger charge is 2.34. The van der Waals surface area contributed by atoms with E-state index in [1.807, 2.05) is 11.9 Å². The highest BCUT2D eigenvalue weighted by atomic mass is 16.2. The molecule has 3 fully saturated rings. The molecule has 186 valence electrons. The number of hydrogen-bond acceptors (Lipinski definition) is 9. The smallest absolute Gasteiger partial charge is 0.320 e. The van der Waals surface area contributed by atoms with E-state index in [0.717, 1.165) is 64.2 Å². The first kappa shape index (κ1) is 23.2. The first-order valence-electron chi connectivity index (χ1n) is 12.2. The number of primary amides is 1. The number of likely N-dealkylation sites (N-methyl/N-ethyl adjacent to an activating group) is 1. The molecule has 12 nitrogen and oxygen atoms in total. The number of nitrogens with one attached hydrogen (secondary N) is 2. The molecule has 3 aliphatic heterocycles. The maximum atomic E-state index is 12.5. The molecule has 0 saturated carbocycles. The Labute approximate surface area is 204 Å². The average molecular weight is 481 g/mol. The number of aromatic nitrogens is 4. The molecule has 5 heterocycles. The third-order valence-corrected chi connectivity index (χ3v) is 7.04. The second kappa shape index (κ2) is 9.98. The summed E-state index contributed by atoms with van der Waals surface area (Å²) in [5.74, 6) is 1.42. The van der Waals surface area contributed by atoms with Crippen LogP contribution < -0.4 is 21.3 Å². The zero-order valence-electron chi connectivity index (χ0n) is 20.0. The number of rotatable bonds is 6. The minimum Gasteiger partial charge on any atom is -0.364 e. The van der Waals surface area contributed by atoms with Crippen molar-refractivity contribution in [3.8, 4) is 0 Å². The quantitative estimate of drug-likeness (QED) is 0.549. The number of anilines is 3. The predicted octanol–water partition coefficient (Wildman–Crippen LogP) is 0.912. The van der Waals surface area contributed by atoms with Gasteiger partial charge in [-0.3, -0.25) is 4.79 Å². The molecule has 0 aromatic carbocycles. The summed E-state index contributed by atoms with van der Waals surface area (Å²) >= 11 is 0. The highest BCUT2D eigenvalue weighted by Crippen LogP contribution is 2.27. The SMILES string of the molecule is CN1CCN(C2CCCN(c3cnc(C(N)=O)c(Nc4cnc(C5CCNCC5)nc4)n3)C2)C1=O. The minimum absolute atomic E-state index is 0.0566. The zero-order valence-corrected chi connectivity index (χ0v) is 20.0. The Balaban J connectivity index is 1.33. The molecule has 1 unspecified atom stereocenters. The van der Waals surface area contributed by atoms with Gasteiger partial charge in [-0.25, -0.2) is 24.7 Å². The van der Waals surface area contributed by atoms with Gasteiger partial charge in [0.25, 0.3) is 5.91 Å². The summed E-state index contributed by atoms with van der Waals surface area (Å²) in [7, 11) is 1.83. The van der Waals surface area contributed by atoms with Crippen molar-refractivity contribution in [2.45, 2.75) is 37.6 Å². The number of carbonyl (C=O) groups excluding carboxylic acids is 2. The van der Waals surface area contributed by atoms with Gasteiger partial charge in [-0.2, -0.15) is 0 Å². The maximum Gasteiger partial charge on any atom is 0.320 e. The van der Waals surface area contributed by atoms with E-state index in [2.05, 4.69) is 30.5 Å². The summed E-state index contributed by atoms with van der Waals surface area (Å²) in [6, 6.07) is 0.188. The van der Waals surface area contributed by atoms with Gasteiger partial charge in [-0.05, 0) is 38.8 Å². The number of carbonyl (C=O) groups is 2. The summed E-state index contributed by atoms with van der Waals surface area (Å²) < 4.78 is 0. The molecule has 3 saturated heterocycles. The van der Waals surface area contributed by atoms with Crippen molar-refractivity contribution in [1.82, 2.24) is 35.1 Å². The van der Waals surface area contributed by atoms with Crippen LogP contribution in [0, 0.1) is 0 Å². The summed E-state index contributed by atoms with van der Waals surface area (Å²) in [4.78, 5) is 48.4. The standard InChI is InChI=1S/C23H32N10O2/c1-31-9-10-33(23(31)35)17-3-2-8-32(14-17)18-13-26-19(20(24)34)22(30-18)29-16-11-27-21(28-12-16)15-4-6-25-7-5-15/h11-13,15,17,25H,2-10,14H2,1H3,(H2,24,34)(H,29,30). The average Bonchev–Trinajstić information content (AvgIpc) is 3.23. The third-order valence-electron chi connectivity index (χ3n) is 7.04. The van der Waals surface area contributed by atoms with Crippen molar-refractivity contribution in [3.63, 3.8) is 0 Å². The molecule has 12 heteroatoms. The van der Waals surface area contributed by atoms with Gasteiger partial charge in [0.1, 0.15) is 11.6 Å². The predicted molar refractivity (Wildman–Crippen MR) is 131 cm³/mol. The Kier molecular flexibility index (Phi) is 6.62. The maximum absolute atomic E-state index is 12.5. The molecule has 3 amide bonds. The van der Waals surface area contributed by atoms with E-state index in [9.17, 15) is 9.59 Å². The Morgan fingerprint density at radius 1 is 1.09 bits per heavy atom. The zero-order chi connectivity index (χ0) is 24.4. The number of urea groups is 1. The Morgan fingerprint density at radius 2 is 1.86 bits per heavy atom. The molecule has 2 aromatic heterocycles. The van der Waals surface area contributed by atoms with Gasteiger partial charge in [0.05, 0.1) is 30.3 Å². The van der Waals surface area contributed by atoms with Crippen LogP contribution in [0.4, 0.5) is 22.1 Å². The molecule has 4 N–H and O–H groups in total. The number of nitrogens with zero attached hydrogens (tertiary/aromatic N) is 7. The van der Waals surface area contributed by atoms with Gasteiger partial charge in [-0.15, -0.1) is 0 Å². The molecular weight excluding hydrogens is 448 g/mol. The Bertz CT molecular complexity index is 1070. The fourth-order valence-electron chi connectivity index (χ4n) is 5.05. The largest absolute Gasteiger partial charge is 0.364 e. The van der Waals surface area contributed by atoms with Crippen molar-refractivity contribution < 1.29 is 9.59 Å². The van der Waals surface area contributed by atoms with Crippen molar-refractivity contribution >= 4 is 29.3 Å². The van der Waals surface area contributed by atoms with Gasteiger partial charge in [0.2, 0.25) is 0 Å². The summed E-state index contributed by atoms with van der Waals surface area (Å²) in [5, 5.41) is 6.48. The summed E-state index contributed by atoms with van der Waals surface area (Å²) in [6.45, 7) is 4.89. The van der Waals surface area contributed by atoms with E-state index in [1.54, 1.807) is 23.5 Å². The van der Waals surface area contributed by atoms with Crippen LogP contribution in [0.5, 0.6) is 0 Å². The molecule has 35 heavy (non-hydrogen) atoms. The highest BCUT2D eigenvalue weighted by molar-refractivity contribution is 5.96. The van der Waals surface area contributed by atoms with Gasteiger partial charge in [0.15, 0.2) is 11.5 Å². The van der Waals surface area contributed by atoms with E-state index in [4.69, 9.17) is 10.7 Å². The summed E-state index contributed by atoms with van der Waals surface area (Å²) in [6.07, 6.45) is 8.90. The first-order valence-corrected chi connectivity index (χ1v) is 12.2. The molecule has 0 radical (unpaired) electrons. The molecule has 0 aliphatic carbocycles. The van der Waals surface area contributed by atoms with Crippen LogP contribution >= 0.6 is 0 Å². The van der Waals surface area contributed by atoms with Crippen molar-refractivity contribution in [2.24, 2.45) is 5.73 Å². The van der Waals surface area contributed by atoms with E-state index in [0.29, 0.717) is 24.0 Å². The Morgan fingerprint density at radius 3 is 2.54 bits per heavy atom. The second-order valence-electron chi connectivity index (χ2n) is 9.41. The van der Waals surface area contributed by atoms with Gasteiger partial charge >= 0.3 is 6.03 Å². The fourth-order valence-corrected chi connectivity index (χ4v) is 5.05. The lowest BCUT2D eigenvalue weighted by Gasteiger charge is -2.37. The number of amides is 3. The molecule has 1 atom stereocenters. The van der Waals surface area contributed by atoms with Crippen LogP contribution in [0.3, 0.4) is 0 Å². The molecule has 0 spiro atoms. The normalized spacial score (nSPS) is 21.5.